The second-order valence-corrected chi connectivity index (χ2v) is 20.3. The Bertz CT molecular complexity index is 2120. The van der Waals surface area contributed by atoms with E-state index >= 15 is 0 Å². The van der Waals surface area contributed by atoms with Gasteiger partial charge in [-0.15, -0.1) is 22.7 Å². The summed E-state index contributed by atoms with van der Waals surface area (Å²) in [6.45, 7) is 14.5. The Morgan fingerprint density at radius 3 is 1.48 bits per heavy atom. The maximum atomic E-state index is 14.4. The minimum atomic E-state index is -1.53. The third-order valence-electron chi connectivity index (χ3n) is 13.8. The number of nitrogens with two attached hydrogens (primary N) is 2. The zero-order valence-electron chi connectivity index (χ0n) is 39.0. The van der Waals surface area contributed by atoms with Crippen molar-refractivity contribution in [2.75, 3.05) is 32.2 Å². The van der Waals surface area contributed by atoms with Crippen LogP contribution in [0.15, 0.2) is 35.0 Å². The molecule has 0 spiro atoms. The number of alkyl carbamates (subject to hydrolysis) is 2. The van der Waals surface area contributed by atoms with Gasteiger partial charge in [0.25, 0.3) is 11.8 Å². The average molecular weight is 936 g/mol. The van der Waals surface area contributed by atoms with Crippen LogP contribution >= 0.6 is 22.7 Å². The van der Waals surface area contributed by atoms with Gasteiger partial charge in [-0.2, -0.15) is 0 Å². The monoisotopic (exact) mass is 935 g/mol. The molecule has 6 N–H and O–H groups in total. The highest BCUT2D eigenvalue weighted by Gasteiger charge is 2.56. The molecule has 0 unspecified atom stereocenters. The first kappa shape index (κ1) is 49.1. The fourth-order valence-electron chi connectivity index (χ4n) is 9.62. The predicted octanol–water partition coefficient (Wildman–Crippen LogP) is 6.13. The summed E-state index contributed by atoms with van der Waals surface area (Å²) < 4.78 is 9.70. The molecule has 6 amide bonds. The smallest absolute Gasteiger partial charge is 0.407 e. The van der Waals surface area contributed by atoms with E-state index in [0.717, 1.165) is 11.3 Å². The number of thiazole rings is 2. The first-order chi connectivity index (χ1) is 30.8. The molecule has 0 bridgehead atoms. The Balaban J connectivity index is 1.39. The fraction of sp³-hybridized carbons (Fsp3) is 0.609. The number of hydrogen-bond acceptors (Lipinski definition) is 13. The summed E-state index contributed by atoms with van der Waals surface area (Å²) in [5, 5.41) is 10.0. The lowest BCUT2D eigenvalue weighted by molar-refractivity contribution is -0.146. The van der Waals surface area contributed by atoms with E-state index in [-0.39, 0.29) is 55.3 Å². The molecule has 8 atom stereocenters. The maximum absolute atomic E-state index is 14.4. The van der Waals surface area contributed by atoms with Crippen molar-refractivity contribution in [2.24, 2.45) is 23.3 Å². The van der Waals surface area contributed by atoms with E-state index in [0.29, 0.717) is 59.9 Å². The van der Waals surface area contributed by atoms with Crippen molar-refractivity contribution in [1.29, 1.82) is 0 Å². The first-order valence-corrected chi connectivity index (χ1v) is 24.3. The van der Waals surface area contributed by atoms with Gasteiger partial charge in [-0.25, -0.2) is 19.6 Å². The highest BCUT2D eigenvalue weighted by Crippen LogP contribution is 2.50. The number of carbonyl (C=O) groups excluding carboxylic acids is 6. The second kappa shape index (κ2) is 19.7. The number of rotatable bonds is 15. The number of ether oxygens (including phenoxy) is 2. The van der Waals surface area contributed by atoms with Gasteiger partial charge in [0, 0.05) is 29.5 Å². The van der Waals surface area contributed by atoms with E-state index < -0.39 is 59.0 Å². The van der Waals surface area contributed by atoms with Crippen LogP contribution in [0.2, 0.25) is 0 Å². The normalized spacial score (nSPS) is 24.0. The van der Waals surface area contributed by atoms with Crippen molar-refractivity contribution in [1.82, 2.24) is 30.4 Å². The molecule has 19 heteroatoms. The fourth-order valence-corrected chi connectivity index (χ4v) is 11.8. The van der Waals surface area contributed by atoms with Crippen molar-refractivity contribution >= 4 is 64.2 Å². The lowest BCUT2D eigenvalue weighted by atomic mass is 9.87. The SMILES string of the molecule is CC[C@H](C)[C@H](NC(=O)OC)C(=O)N1CCC[C@]1(C(N)=O)c1nc([C@H]2CC[C@H](c3csc([C@@]4(C(N)=O)CCCN4C(=O)[C@@H](NC(=O)OC)[C@@H](C)CC)n3)N2c2ccc(C(C)(C)C)cc2)cs1. The molecule has 0 radical (unpaired) electrons. The summed E-state index contributed by atoms with van der Waals surface area (Å²) in [5.74, 6) is -2.77. The van der Waals surface area contributed by atoms with Gasteiger partial charge in [-0.3, -0.25) is 19.2 Å². The van der Waals surface area contributed by atoms with Crippen LogP contribution in [0.25, 0.3) is 0 Å². The zero-order valence-corrected chi connectivity index (χ0v) is 40.6. The van der Waals surface area contributed by atoms with Gasteiger partial charge in [0.05, 0.1) is 37.7 Å². The van der Waals surface area contributed by atoms with Crippen LogP contribution < -0.4 is 27.0 Å². The van der Waals surface area contributed by atoms with Gasteiger partial charge < -0.3 is 46.3 Å². The molecule has 17 nitrogen and oxygen atoms in total. The second-order valence-electron chi connectivity index (χ2n) is 18.6. The van der Waals surface area contributed by atoms with E-state index in [1.54, 1.807) is 0 Å². The van der Waals surface area contributed by atoms with Crippen LogP contribution in [-0.4, -0.2) is 95.0 Å². The lowest BCUT2D eigenvalue weighted by Crippen LogP contribution is -2.59. The molecule has 3 aliphatic heterocycles. The zero-order chi connectivity index (χ0) is 47.6. The van der Waals surface area contributed by atoms with Crippen molar-refractivity contribution in [3.8, 4) is 0 Å². The van der Waals surface area contributed by atoms with Gasteiger partial charge in [-0.05, 0) is 73.5 Å². The number of likely N-dealkylation sites (tertiary alicyclic amines) is 2. The Morgan fingerprint density at radius 2 is 1.14 bits per heavy atom. The minimum absolute atomic E-state index is 0.0993. The quantitative estimate of drug-likeness (QED) is 0.135. The molecule has 3 aromatic rings. The highest BCUT2D eigenvalue weighted by atomic mass is 32.1. The van der Waals surface area contributed by atoms with Crippen LogP contribution in [0.1, 0.15) is 139 Å². The van der Waals surface area contributed by atoms with E-state index in [1.165, 1.54) is 46.7 Å². The summed E-state index contributed by atoms with van der Waals surface area (Å²) in [4.78, 5) is 96.6. The molecule has 65 heavy (non-hydrogen) atoms. The van der Waals surface area contributed by atoms with Crippen LogP contribution in [-0.2, 0) is 45.1 Å². The summed E-state index contributed by atoms with van der Waals surface area (Å²) in [5.41, 5.74) is 12.8. The number of methoxy groups -OCH3 is 2. The Labute approximate surface area is 389 Å². The molecule has 0 saturated carbocycles. The van der Waals surface area contributed by atoms with Crippen molar-refractivity contribution in [3.05, 3.63) is 62.0 Å². The van der Waals surface area contributed by atoms with Crippen LogP contribution in [0.3, 0.4) is 0 Å². The molecule has 3 aliphatic rings. The third kappa shape index (κ3) is 9.14. The third-order valence-corrected chi connectivity index (χ3v) is 15.9. The van der Waals surface area contributed by atoms with E-state index in [4.69, 9.17) is 30.9 Å². The largest absolute Gasteiger partial charge is 0.453 e. The molecule has 5 heterocycles. The minimum Gasteiger partial charge on any atom is -0.453 e. The number of carbonyl (C=O) groups is 6. The standard InChI is InChI=1S/C46H65N9O8S2/c1-10-26(3)34(51-42(60)62-8)36(56)53-22-12-20-45(53,38(47)58)40-49-30(24-64-40)32-18-19-33(55(32)29-16-14-28(15-17-29)44(5,6)7)31-25-65-41(50-31)46(39(48)59)21-13-23-54(46)37(57)35(27(4)11-2)52-43(61)63-9/h14-17,24-27,32-35H,10-13,18-23H2,1-9H3,(H2,47,58)(H2,48,59)(H,51,60)(H,52,61)/t26-,27-,32+,33+,34-,35-,45-,46-/m0/s1. The maximum Gasteiger partial charge on any atom is 0.407 e. The number of nitrogens with zero attached hydrogens (tertiary/aromatic N) is 5. The summed E-state index contributed by atoms with van der Waals surface area (Å²) >= 11 is 2.57. The molecule has 0 aliphatic carbocycles. The van der Waals surface area contributed by atoms with Gasteiger partial charge in [-0.1, -0.05) is 73.4 Å². The van der Waals surface area contributed by atoms with Gasteiger partial charge in [0.2, 0.25) is 11.8 Å². The van der Waals surface area contributed by atoms with Crippen molar-refractivity contribution in [3.63, 3.8) is 0 Å². The number of amides is 6. The summed E-state index contributed by atoms with van der Waals surface area (Å²) in [6, 6.07) is 5.91. The van der Waals surface area contributed by atoms with Gasteiger partial charge in [0.15, 0.2) is 11.1 Å². The summed E-state index contributed by atoms with van der Waals surface area (Å²) in [6.07, 6.45) is 2.54. The number of hydrogen-bond donors (Lipinski definition) is 4. The molecule has 3 fully saturated rings. The van der Waals surface area contributed by atoms with E-state index in [9.17, 15) is 28.8 Å². The number of primary amides is 2. The first-order valence-electron chi connectivity index (χ1n) is 22.5. The van der Waals surface area contributed by atoms with Crippen LogP contribution in [0, 0.1) is 11.8 Å². The number of aromatic nitrogens is 2. The molecule has 3 saturated heterocycles. The van der Waals surface area contributed by atoms with Crippen molar-refractivity contribution in [2.45, 2.75) is 140 Å². The molecule has 354 valence electrons. The molecular weight excluding hydrogens is 871 g/mol. The molecular formula is C46H65N9O8S2. The van der Waals surface area contributed by atoms with Gasteiger partial charge >= 0.3 is 12.2 Å². The van der Waals surface area contributed by atoms with Crippen LogP contribution in [0.4, 0.5) is 15.3 Å². The van der Waals surface area contributed by atoms with Gasteiger partial charge in [0.1, 0.15) is 22.1 Å². The summed E-state index contributed by atoms with van der Waals surface area (Å²) in [7, 11) is 2.47. The van der Waals surface area contributed by atoms with Crippen LogP contribution in [0.5, 0.6) is 0 Å². The molecule has 6 rings (SSSR count). The number of benzene rings is 1. The lowest BCUT2D eigenvalue weighted by Gasteiger charge is -2.37. The predicted molar refractivity (Wildman–Crippen MR) is 248 cm³/mol. The van der Waals surface area contributed by atoms with Crippen molar-refractivity contribution < 1.29 is 38.2 Å². The van der Waals surface area contributed by atoms with E-state index in [2.05, 4.69) is 60.6 Å². The number of anilines is 1. The average Bonchev–Trinajstić information content (AvgIpc) is 4.14. The Morgan fingerprint density at radius 1 is 0.738 bits per heavy atom. The highest BCUT2D eigenvalue weighted by molar-refractivity contribution is 7.10. The van der Waals surface area contributed by atoms with E-state index in [1.807, 2.05) is 38.5 Å². The topological polar surface area (TPSA) is 232 Å². The molecule has 2 aromatic heterocycles. The Hall–Kier alpha value is -5.30. The number of nitrogens with one attached hydrogen (secondary N) is 2. The Kier molecular flexibility index (Phi) is 14.9. The molecule has 1 aromatic carbocycles.